The van der Waals surface area contributed by atoms with Crippen LogP contribution in [0, 0.1) is 0 Å². The number of rotatable bonds is 3. The van der Waals surface area contributed by atoms with Gasteiger partial charge in [-0.3, -0.25) is 0 Å². The zero-order valence-electron chi connectivity index (χ0n) is 10.2. The Morgan fingerprint density at radius 2 is 2.00 bits per heavy atom. The van der Waals surface area contributed by atoms with E-state index in [1.54, 1.807) is 0 Å². The smallest absolute Gasteiger partial charge is 0.0522 e. The highest BCUT2D eigenvalue weighted by molar-refractivity contribution is 5.30. The Hall–Kier alpha value is -0.860. The molecule has 2 N–H and O–H groups in total. The molecule has 0 saturated carbocycles. The van der Waals surface area contributed by atoms with Gasteiger partial charge in [-0.05, 0) is 30.5 Å². The number of aliphatic hydroxyl groups is 1. The van der Waals surface area contributed by atoms with Crippen LogP contribution in [-0.4, -0.2) is 18.3 Å². The second-order valence-corrected chi connectivity index (χ2v) is 5.31. The Morgan fingerprint density at radius 1 is 1.31 bits per heavy atom. The highest BCUT2D eigenvalue weighted by Crippen LogP contribution is 2.27. The van der Waals surface area contributed by atoms with Gasteiger partial charge in [0.15, 0.2) is 0 Å². The lowest BCUT2D eigenvalue weighted by molar-refractivity contribution is 0.218. The fourth-order valence-electron chi connectivity index (χ4n) is 2.23. The van der Waals surface area contributed by atoms with E-state index < -0.39 is 0 Å². The first-order chi connectivity index (χ1) is 7.63. The summed E-state index contributed by atoms with van der Waals surface area (Å²) in [5.41, 5.74) is 2.44. The van der Waals surface area contributed by atoms with E-state index in [1.165, 1.54) is 24.0 Å². The molecule has 0 bridgehead atoms. The van der Waals surface area contributed by atoms with Crippen LogP contribution in [-0.2, 0) is 5.41 Å². The molecule has 1 fully saturated rings. The van der Waals surface area contributed by atoms with Crippen LogP contribution in [0.2, 0.25) is 0 Å². The Kier molecular flexibility index (Phi) is 3.31. The number of hydrogen-bond donors (Lipinski definition) is 2. The summed E-state index contributed by atoms with van der Waals surface area (Å²) in [6.45, 7) is 5.45. The number of hydrogen-bond acceptors (Lipinski definition) is 2. The quantitative estimate of drug-likeness (QED) is 0.818. The minimum atomic E-state index is -0.137. The van der Waals surface area contributed by atoms with Gasteiger partial charge in [0.05, 0.1) is 6.61 Å². The van der Waals surface area contributed by atoms with Crippen LogP contribution >= 0.6 is 0 Å². The van der Waals surface area contributed by atoms with E-state index in [2.05, 4.69) is 43.4 Å². The second-order valence-electron chi connectivity index (χ2n) is 5.31. The molecule has 0 aliphatic carbocycles. The van der Waals surface area contributed by atoms with Crippen LogP contribution in [0.15, 0.2) is 24.3 Å². The van der Waals surface area contributed by atoms with Gasteiger partial charge >= 0.3 is 0 Å². The van der Waals surface area contributed by atoms with Crippen LogP contribution in [0.5, 0.6) is 0 Å². The molecule has 1 saturated heterocycles. The molecule has 2 rings (SSSR count). The van der Waals surface area contributed by atoms with Gasteiger partial charge in [0, 0.05) is 11.5 Å². The monoisotopic (exact) mass is 219 g/mol. The number of aliphatic hydroxyl groups excluding tert-OH is 1. The molecule has 1 aromatic rings. The Bertz CT molecular complexity index is 336. The van der Waals surface area contributed by atoms with Gasteiger partial charge < -0.3 is 10.4 Å². The van der Waals surface area contributed by atoms with Crippen molar-refractivity contribution in [3.63, 3.8) is 0 Å². The molecule has 88 valence electrons. The lowest BCUT2D eigenvalue weighted by Gasteiger charge is -2.23. The summed E-state index contributed by atoms with van der Waals surface area (Å²) in [7, 11) is 0. The third-order valence-corrected chi connectivity index (χ3v) is 3.55. The first-order valence-electron chi connectivity index (χ1n) is 6.08. The molecule has 2 heteroatoms. The van der Waals surface area contributed by atoms with Crippen LogP contribution in [0.1, 0.15) is 43.9 Å². The predicted octanol–water partition coefficient (Wildman–Crippen LogP) is 2.38. The molecule has 0 aromatic heterocycles. The van der Waals surface area contributed by atoms with Gasteiger partial charge in [-0.1, -0.05) is 38.1 Å². The highest BCUT2D eigenvalue weighted by Gasteiger charge is 2.20. The van der Waals surface area contributed by atoms with E-state index in [1.807, 2.05) is 0 Å². The summed E-state index contributed by atoms with van der Waals surface area (Å²) in [6, 6.07) is 9.20. The molecular weight excluding hydrogens is 198 g/mol. The van der Waals surface area contributed by atoms with E-state index in [4.69, 9.17) is 0 Å². The fourth-order valence-corrected chi connectivity index (χ4v) is 2.23. The van der Waals surface area contributed by atoms with Crippen molar-refractivity contribution in [1.82, 2.24) is 5.32 Å². The van der Waals surface area contributed by atoms with E-state index in [9.17, 15) is 5.11 Å². The molecule has 0 amide bonds. The molecule has 1 aliphatic heterocycles. The molecule has 1 heterocycles. The van der Waals surface area contributed by atoms with Crippen molar-refractivity contribution in [2.75, 3.05) is 13.2 Å². The second kappa shape index (κ2) is 4.56. The van der Waals surface area contributed by atoms with E-state index in [-0.39, 0.29) is 12.0 Å². The molecule has 16 heavy (non-hydrogen) atoms. The van der Waals surface area contributed by atoms with Crippen molar-refractivity contribution >= 4 is 0 Å². The van der Waals surface area contributed by atoms with E-state index >= 15 is 0 Å². The van der Waals surface area contributed by atoms with Gasteiger partial charge in [0.2, 0.25) is 0 Å². The van der Waals surface area contributed by atoms with Crippen molar-refractivity contribution in [3.05, 3.63) is 35.4 Å². The van der Waals surface area contributed by atoms with Crippen molar-refractivity contribution in [2.45, 2.75) is 38.1 Å². The molecule has 1 unspecified atom stereocenters. The third-order valence-electron chi connectivity index (χ3n) is 3.55. The van der Waals surface area contributed by atoms with E-state index in [0.29, 0.717) is 6.04 Å². The summed E-state index contributed by atoms with van der Waals surface area (Å²) < 4.78 is 0. The van der Waals surface area contributed by atoms with Crippen molar-refractivity contribution < 1.29 is 5.11 Å². The number of benzene rings is 1. The minimum Gasteiger partial charge on any atom is -0.395 e. The van der Waals surface area contributed by atoms with Gasteiger partial charge in [-0.2, -0.15) is 0 Å². The molecule has 2 nitrogen and oxygen atoms in total. The zero-order chi connectivity index (χ0) is 11.6. The molecule has 1 aliphatic rings. The van der Waals surface area contributed by atoms with Gasteiger partial charge in [-0.25, -0.2) is 0 Å². The molecule has 1 atom stereocenters. The Balaban J connectivity index is 2.15. The molecule has 0 radical (unpaired) electrons. The zero-order valence-corrected chi connectivity index (χ0v) is 10.2. The molecule has 0 spiro atoms. The minimum absolute atomic E-state index is 0.137. The maximum absolute atomic E-state index is 9.32. The highest BCUT2D eigenvalue weighted by atomic mass is 16.3. The third kappa shape index (κ3) is 2.28. The SMILES string of the molecule is CC(C)(CO)c1ccc(C2CCCN2)cc1. The van der Waals surface area contributed by atoms with Crippen LogP contribution in [0.3, 0.4) is 0 Å². The average Bonchev–Trinajstić information content (AvgIpc) is 2.83. The van der Waals surface area contributed by atoms with Gasteiger partial charge in [-0.15, -0.1) is 0 Å². The maximum Gasteiger partial charge on any atom is 0.0522 e. The summed E-state index contributed by atoms with van der Waals surface area (Å²) in [5.74, 6) is 0. The molecule has 1 aromatic carbocycles. The Morgan fingerprint density at radius 3 is 2.50 bits per heavy atom. The molecular formula is C14H21NO. The number of nitrogens with one attached hydrogen (secondary N) is 1. The Labute approximate surface area is 97.7 Å². The lowest BCUT2D eigenvalue weighted by atomic mass is 9.85. The largest absolute Gasteiger partial charge is 0.395 e. The topological polar surface area (TPSA) is 32.3 Å². The summed E-state index contributed by atoms with van der Waals surface area (Å²) >= 11 is 0. The van der Waals surface area contributed by atoms with Crippen LogP contribution in [0.4, 0.5) is 0 Å². The van der Waals surface area contributed by atoms with Gasteiger partial charge in [0.25, 0.3) is 0 Å². The van der Waals surface area contributed by atoms with Crippen LogP contribution < -0.4 is 5.32 Å². The van der Waals surface area contributed by atoms with Crippen molar-refractivity contribution in [1.29, 1.82) is 0 Å². The first-order valence-corrected chi connectivity index (χ1v) is 6.08. The standard InChI is InChI=1S/C14H21NO/c1-14(2,10-16)12-7-5-11(6-8-12)13-4-3-9-15-13/h5-8,13,15-16H,3-4,9-10H2,1-2H3. The summed E-state index contributed by atoms with van der Waals surface area (Å²) in [6.07, 6.45) is 2.51. The lowest BCUT2D eigenvalue weighted by Crippen LogP contribution is -2.22. The van der Waals surface area contributed by atoms with Crippen LogP contribution in [0.25, 0.3) is 0 Å². The van der Waals surface area contributed by atoms with Crippen molar-refractivity contribution in [3.8, 4) is 0 Å². The normalized spacial score (nSPS) is 21.3. The first kappa shape index (κ1) is 11.6. The fraction of sp³-hybridized carbons (Fsp3) is 0.571. The summed E-state index contributed by atoms with van der Waals surface area (Å²) in [4.78, 5) is 0. The maximum atomic E-state index is 9.32. The average molecular weight is 219 g/mol. The van der Waals surface area contributed by atoms with Crippen molar-refractivity contribution in [2.24, 2.45) is 0 Å². The van der Waals surface area contributed by atoms with E-state index in [0.717, 1.165) is 6.54 Å². The summed E-state index contributed by atoms with van der Waals surface area (Å²) in [5, 5.41) is 12.8. The van der Waals surface area contributed by atoms with Gasteiger partial charge in [0.1, 0.15) is 0 Å². The predicted molar refractivity (Wildman–Crippen MR) is 66.5 cm³/mol.